The molecule has 0 spiro atoms. The number of amides is 1. The summed E-state index contributed by atoms with van der Waals surface area (Å²) >= 11 is 0. The molecule has 0 saturated carbocycles. The normalized spacial score (nSPS) is 21.1. The van der Waals surface area contributed by atoms with Crippen LogP contribution in [-0.2, 0) is 0 Å². The van der Waals surface area contributed by atoms with Crippen LogP contribution in [0.25, 0.3) is 0 Å². The number of ether oxygens (including phenoxy) is 2. The Labute approximate surface area is 124 Å². The fraction of sp³-hybridized carbons (Fsp3) is 0.500. The number of piperazine rings is 1. The van der Waals surface area contributed by atoms with Gasteiger partial charge in [-0.25, -0.2) is 0 Å². The molecule has 1 fully saturated rings. The third kappa shape index (κ3) is 2.83. The van der Waals surface area contributed by atoms with Crippen molar-refractivity contribution in [2.24, 2.45) is 0 Å². The molecule has 110 valence electrons. The van der Waals surface area contributed by atoms with E-state index in [1.54, 1.807) is 0 Å². The van der Waals surface area contributed by atoms with Gasteiger partial charge in [0.2, 0.25) is 0 Å². The SMILES string of the molecule is C[C@H]1CN(C(=O)c2cccc3c2OCCO3)CCN1.Cl. The first-order valence-electron chi connectivity index (χ1n) is 6.67. The van der Waals surface area contributed by atoms with Gasteiger partial charge in [-0.1, -0.05) is 6.07 Å². The van der Waals surface area contributed by atoms with Crippen LogP contribution in [-0.4, -0.2) is 49.7 Å². The van der Waals surface area contributed by atoms with Crippen LogP contribution in [0.4, 0.5) is 0 Å². The number of rotatable bonds is 1. The van der Waals surface area contributed by atoms with E-state index in [4.69, 9.17) is 9.47 Å². The molecule has 3 rings (SSSR count). The number of carbonyl (C=O) groups excluding carboxylic acids is 1. The van der Waals surface area contributed by atoms with Gasteiger partial charge in [0.1, 0.15) is 13.2 Å². The van der Waals surface area contributed by atoms with Gasteiger partial charge >= 0.3 is 0 Å². The van der Waals surface area contributed by atoms with E-state index in [0.717, 1.165) is 19.6 Å². The number of hydrogen-bond donors (Lipinski definition) is 1. The van der Waals surface area contributed by atoms with E-state index in [-0.39, 0.29) is 18.3 Å². The largest absolute Gasteiger partial charge is 0.486 e. The van der Waals surface area contributed by atoms with Crippen molar-refractivity contribution in [1.29, 1.82) is 0 Å². The van der Waals surface area contributed by atoms with Crippen molar-refractivity contribution in [1.82, 2.24) is 10.2 Å². The quantitative estimate of drug-likeness (QED) is 0.849. The predicted octanol–water partition coefficient (Wildman–Crippen LogP) is 1.31. The lowest BCUT2D eigenvalue weighted by atomic mass is 10.1. The van der Waals surface area contributed by atoms with Crippen molar-refractivity contribution in [3.63, 3.8) is 0 Å². The molecule has 0 aromatic heterocycles. The molecular weight excluding hydrogens is 280 g/mol. The van der Waals surface area contributed by atoms with Gasteiger partial charge < -0.3 is 19.7 Å². The molecule has 20 heavy (non-hydrogen) atoms. The molecule has 1 atom stereocenters. The third-order valence-corrected chi connectivity index (χ3v) is 3.45. The summed E-state index contributed by atoms with van der Waals surface area (Å²) in [6, 6.07) is 5.81. The van der Waals surface area contributed by atoms with E-state index in [1.807, 2.05) is 23.1 Å². The highest BCUT2D eigenvalue weighted by Crippen LogP contribution is 2.34. The van der Waals surface area contributed by atoms with E-state index in [2.05, 4.69) is 12.2 Å². The Morgan fingerprint density at radius 3 is 2.95 bits per heavy atom. The maximum atomic E-state index is 12.6. The zero-order valence-electron chi connectivity index (χ0n) is 11.4. The van der Waals surface area contributed by atoms with Gasteiger partial charge in [0.25, 0.3) is 5.91 Å². The van der Waals surface area contributed by atoms with Crippen LogP contribution in [0.15, 0.2) is 18.2 Å². The fourth-order valence-corrected chi connectivity index (χ4v) is 2.53. The molecule has 6 heteroatoms. The van der Waals surface area contributed by atoms with E-state index in [0.29, 0.717) is 36.3 Å². The standard InChI is InChI=1S/C14H18N2O3.ClH/c1-10-9-16(6-5-15-10)14(17)11-3-2-4-12-13(11)19-8-7-18-12;/h2-4,10,15H,5-9H2,1H3;1H/t10-;/m0./s1. The second kappa shape index (κ2) is 6.33. The van der Waals surface area contributed by atoms with Gasteiger partial charge in [0.05, 0.1) is 5.56 Å². The van der Waals surface area contributed by atoms with Crippen molar-refractivity contribution in [2.45, 2.75) is 13.0 Å². The average molecular weight is 299 g/mol. The molecule has 1 aromatic carbocycles. The molecule has 1 saturated heterocycles. The smallest absolute Gasteiger partial charge is 0.257 e. The van der Waals surface area contributed by atoms with Crippen LogP contribution in [0.1, 0.15) is 17.3 Å². The zero-order valence-corrected chi connectivity index (χ0v) is 12.2. The van der Waals surface area contributed by atoms with Crippen LogP contribution in [0.5, 0.6) is 11.5 Å². The number of carbonyl (C=O) groups is 1. The second-order valence-electron chi connectivity index (χ2n) is 4.94. The lowest BCUT2D eigenvalue weighted by Gasteiger charge is -2.32. The lowest BCUT2D eigenvalue weighted by Crippen LogP contribution is -2.51. The van der Waals surface area contributed by atoms with Crippen LogP contribution in [0, 0.1) is 0 Å². The summed E-state index contributed by atoms with van der Waals surface area (Å²) in [6.07, 6.45) is 0. The Balaban J connectivity index is 0.00000147. The molecule has 5 nitrogen and oxygen atoms in total. The Morgan fingerprint density at radius 1 is 1.35 bits per heavy atom. The number of para-hydroxylation sites is 1. The molecular formula is C14H19ClN2O3. The maximum absolute atomic E-state index is 12.6. The number of hydrogen-bond acceptors (Lipinski definition) is 4. The maximum Gasteiger partial charge on any atom is 0.257 e. The number of nitrogens with zero attached hydrogens (tertiary/aromatic N) is 1. The van der Waals surface area contributed by atoms with E-state index >= 15 is 0 Å². The minimum absolute atomic E-state index is 0. The molecule has 2 aliphatic rings. The van der Waals surface area contributed by atoms with E-state index in [1.165, 1.54) is 0 Å². The summed E-state index contributed by atoms with van der Waals surface area (Å²) in [7, 11) is 0. The number of fused-ring (bicyclic) bond motifs is 1. The van der Waals surface area contributed by atoms with Crippen molar-refractivity contribution in [2.75, 3.05) is 32.8 Å². The van der Waals surface area contributed by atoms with Crippen molar-refractivity contribution in [3.8, 4) is 11.5 Å². The van der Waals surface area contributed by atoms with Crippen LogP contribution >= 0.6 is 12.4 Å². The molecule has 1 aromatic rings. The van der Waals surface area contributed by atoms with Crippen LogP contribution < -0.4 is 14.8 Å². The summed E-state index contributed by atoms with van der Waals surface area (Å²) in [5, 5.41) is 3.33. The highest BCUT2D eigenvalue weighted by atomic mass is 35.5. The summed E-state index contributed by atoms with van der Waals surface area (Å²) < 4.78 is 11.1. The topological polar surface area (TPSA) is 50.8 Å². The predicted molar refractivity (Wildman–Crippen MR) is 78.0 cm³/mol. The first-order chi connectivity index (χ1) is 9.25. The Kier molecular flexibility index (Phi) is 4.73. The van der Waals surface area contributed by atoms with Gasteiger partial charge in [0, 0.05) is 25.7 Å². The van der Waals surface area contributed by atoms with Crippen LogP contribution in [0.2, 0.25) is 0 Å². The highest BCUT2D eigenvalue weighted by Gasteiger charge is 2.26. The number of halogens is 1. The molecule has 1 N–H and O–H groups in total. The van der Waals surface area contributed by atoms with Gasteiger partial charge in [-0.05, 0) is 19.1 Å². The zero-order chi connectivity index (χ0) is 13.2. The van der Waals surface area contributed by atoms with Crippen LogP contribution in [0.3, 0.4) is 0 Å². The van der Waals surface area contributed by atoms with Crippen molar-refractivity contribution in [3.05, 3.63) is 23.8 Å². The second-order valence-corrected chi connectivity index (χ2v) is 4.94. The lowest BCUT2D eigenvalue weighted by molar-refractivity contribution is 0.0699. The monoisotopic (exact) mass is 298 g/mol. The molecule has 2 aliphatic heterocycles. The molecule has 0 bridgehead atoms. The fourth-order valence-electron chi connectivity index (χ4n) is 2.53. The Bertz CT molecular complexity index is 495. The third-order valence-electron chi connectivity index (χ3n) is 3.45. The minimum atomic E-state index is 0. The summed E-state index contributed by atoms with van der Waals surface area (Å²) in [4.78, 5) is 14.4. The van der Waals surface area contributed by atoms with E-state index < -0.39 is 0 Å². The van der Waals surface area contributed by atoms with Gasteiger partial charge in [0.15, 0.2) is 11.5 Å². The average Bonchev–Trinajstić information content (AvgIpc) is 2.46. The number of nitrogens with one attached hydrogen (secondary N) is 1. The molecule has 2 heterocycles. The Morgan fingerprint density at radius 2 is 2.15 bits per heavy atom. The summed E-state index contributed by atoms with van der Waals surface area (Å²) in [5.41, 5.74) is 0.603. The molecule has 1 amide bonds. The van der Waals surface area contributed by atoms with E-state index in [9.17, 15) is 4.79 Å². The number of benzene rings is 1. The van der Waals surface area contributed by atoms with Gasteiger partial charge in [-0.15, -0.1) is 12.4 Å². The molecule has 0 unspecified atom stereocenters. The molecule has 0 aliphatic carbocycles. The minimum Gasteiger partial charge on any atom is -0.486 e. The van der Waals surface area contributed by atoms with Crippen molar-refractivity contribution < 1.29 is 14.3 Å². The molecule has 0 radical (unpaired) electrons. The summed E-state index contributed by atoms with van der Waals surface area (Å²) in [5.74, 6) is 1.28. The first kappa shape index (κ1) is 14.9. The summed E-state index contributed by atoms with van der Waals surface area (Å²) in [6.45, 7) is 5.40. The highest BCUT2D eigenvalue weighted by molar-refractivity contribution is 5.98. The Hall–Kier alpha value is -1.46. The van der Waals surface area contributed by atoms with Gasteiger partial charge in [-0.2, -0.15) is 0 Å². The first-order valence-corrected chi connectivity index (χ1v) is 6.67. The van der Waals surface area contributed by atoms with Crippen molar-refractivity contribution >= 4 is 18.3 Å². The van der Waals surface area contributed by atoms with Gasteiger partial charge in [-0.3, -0.25) is 4.79 Å².